The van der Waals surface area contributed by atoms with Gasteiger partial charge in [-0.25, -0.2) is 8.78 Å². The third-order valence-corrected chi connectivity index (χ3v) is 3.68. The summed E-state index contributed by atoms with van der Waals surface area (Å²) in [6.07, 6.45) is 0. The molecule has 5 heteroatoms. The Bertz CT molecular complexity index is 680. The lowest BCUT2D eigenvalue weighted by Gasteiger charge is -2.24. The maximum Gasteiger partial charge on any atom is 0.162 e. The molecule has 0 aliphatic heterocycles. The first-order valence-corrected chi connectivity index (χ1v) is 6.79. The molecule has 0 unspecified atom stereocenters. The molecular formula is C15H11BrF2N2. The van der Waals surface area contributed by atoms with Crippen molar-refractivity contribution in [2.24, 2.45) is 0 Å². The Morgan fingerprint density at radius 3 is 2.60 bits per heavy atom. The van der Waals surface area contributed by atoms with Gasteiger partial charge in [0.25, 0.3) is 0 Å². The van der Waals surface area contributed by atoms with Crippen LogP contribution in [-0.2, 0) is 0 Å². The zero-order valence-corrected chi connectivity index (χ0v) is 12.3. The SMILES string of the molecule is CCN(c1cccc(F)c1)c1ccc(C#N)c(Br)c1F. The fraction of sp³-hybridized carbons (Fsp3) is 0.133. The fourth-order valence-electron chi connectivity index (χ4n) is 1.97. The van der Waals surface area contributed by atoms with Gasteiger partial charge in [-0.15, -0.1) is 0 Å². The lowest BCUT2D eigenvalue weighted by Crippen LogP contribution is -2.17. The molecule has 0 fully saturated rings. The van der Waals surface area contributed by atoms with Crippen LogP contribution in [0.4, 0.5) is 20.2 Å². The van der Waals surface area contributed by atoms with Gasteiger partial charge in [-0.3, -0.25) is 0 Å². The van der Waals surface area contributed by atoms with Gasteiger partial charge in [0.1, 0.15) is 11.9 Å². The van der Waals surface area contributed by atoms with E-state index in [0.29, 0.717) is 17.9 Å². The molecule has 0 amide bonds. The minimum atomic E-state index is -0.532. The van der Waals surface area contributed by atoms with E-state index in [0.717, 1.165) is 0 Å². The second-order valence-corrected chi connectivity index (χ2v) is 4.89. The first-order valence-electron chi connectivity index (χ1n) is 5.99. The molecule has 0 bridgehead atoms. The van der Waals surface area contributed by atoms with Crippen molar-refractivity contribution in [3.8, 4) is 6.07 Å². The monoisotopic (exact) mass is 336 g/mol. The average molecular weight is 337 g/mol. The van der Waals surface area contributed by atoms with E-state index in [1.54, 1.807) is 17.0 Å². The molecule has 0 N–H and O–H groups in total. The van der Waals surface area contributed by atoms with Crippen molar-refractivity contribution in [2.45, 2.75) is 6.92 Å². The highest BCUT2D eigenvalue weighted by Crippen LogP contribution is 2.33. The molecule has 0 aromatic heterocycles. The van der Waals surface area contributed by atoms with Crippen molar-refractivity contribution in [3.05, 3.63) is 58.1 Å². The van der Waals surface area contributed by atoms with Gasteiger partial charge in [-0.2, -0.15) is 5.26 Å². The predicted molar refractivity (Wildman–Crippen MR) is 77.9 cm³/mol. The van der Waals surface area contributed by atoms with E-state index in [1.807, 2.05) is 13.0 Å². The summed E-state index contributed by atoms with van der Waals surface area (Å²) < 4.78 is 27.8. The molecule has 0 spiro atoms. The molecular weight excluding hydrogens is 326 g/mol. The van der Waals surface area contributed by atoms with Crippen LogP contribution in [-0.4, -0.2) is 6.54 Å². The van der Waals surface area contributed by atoms with Crippen molar-refractivity contribution in [1.29, 1.82) is 5.26 Å². The minimum absolute atomic E-state index is 0.118. The van der Waals surface area contributed by atoms with Crippen LogP contribution in [0.5, 0.6) is 0 Å². The summed E-state index contributed by atoms with van der Waals surface area (Å²) in [5.41, 5.74) is 1.08. The molecule has 0 radical (unpaired) electrons. The standard InChI is InChI=1S/C15H11BrF2N2/c1-2-20(12-5-3-4-11(17)8-12)13-7-6-10(9-19)14(16)15(13)18/h3-8H,2H2,1H3. The molecule has 102 valence electrons. The number of nitriles is 1. The highest BCUT2D eigenvalue weighted by molar-refractivity contribution is 9.10. The molecule has 2 nitrogen and oxygen atoms in total. The van der Waals surface area contributed by atoms with Crippen molar-refractivity contribution in [1.82, 2.24) is 0 Å². The summed E-state index contributed by atoms with van der Waals surface area (Å²) in [6, 6.07) is 10.9. The first-order chi connectivity index (χ1) is 9.58. The van der Waals surface area contributed by atoms with E-state index in [-0.39, 0.29) is 15.9 Å². The summed E-state index contributed by atoms with van der Waals surface area (Å²) in [6.45, 7) is 2.31. The lowest BCUT2D eigenvalue weighted by atomic mass is 10.1. The maximum atomic E-state index is 14.3. The summed E-state index contributed by atoms with van der Waals surface area (Å²) in [4.78, 5) is 1.64. The topological polar surface area (TPSA) is 27.0 Å². The van der Waals surface area contributed by atoms with Crippen molar-refractivity contribution in [2.75, 3.05) is 11.4 Å². The molecule has 20 heavy (non-hydrogen) atoms. The molecule has 0 heterocycles. The van der Waals surface area contributed by atoms with E-state index in [4.69, 9.17) is 5.26 Å². The van der Waals surface area contributed by atoms with E-state index in [2.05, 4.69) is 15.9 Å². The molecule has 0 saturated carbocycles. The van der Waals surface area contributed by atoms with E-state index < -0.39 is 5.82 Å². The Labute approximate surface area is 124 Å². The molecule has 0 aliphatic carbocycles. The summed E-state index contributed by atoms with van der Waals surface area (Å²) in [5.74, 6) is -0.913. The zero-order chi connectivity index (χ0) is 14.7. The average Bonchev–Trinajstić information content (AvgIpc) is 2.44. The maximum absolute atomic E-state index is 14.3. The van der Waals surface area contributed by atoms with Crippen LogP contribution in [0.1, 0.15) is 12.5 Å². The minimum Gasteiger partial charge on any atom is -0.339 e. The Morgan fingerprint density at radius 1 is 1.25 bits per heavy atom. The number of anilines is 2. The predicted octanol–water partition coefficient (Wildman–Crippen LogP) is 4.76. The van der Waals surface area contributed by atoms with Gasteiger partial charge in [0, 0.05) is 12.2 Å². The smallest absolute Gasteiger partial charge is 0.162 e. The number of benzene rings is 2. The highest BCUT2D eigenvalue weighted by atomic mass is 79.9. The molecule has 2 aromatic carbocycles. The summed E-state index contributed by atoms with van der Waals surface area (Å²) in [7, 11) is 0. The first kappa shape index (κ1) is 14.5. The molecule has 0 saturated heterocycles. The second kappa shape index (κ2) is 6.02. The van der Waals surface area contributed by atoms with E-state index in [1.165, 1.54) is 24.3 Å². The largest absolute Gasteiger partial charge is 0.339 e. The number of halogens is 3. The van der Waals surface area contributed by atoms with Gasteiger partial charge < -0.3 is 4.90 Å². The number of nitrogens with zero attached hydrogens (tertiary/aromatic N) is 2. The Morgan fingerprint density at radius 2 is 2.00 bits per heavy atom. The number of rotatable bonds is 3. The van der Waals surface area contributed by atoms with Crippen LogP contribution in [0, 0.1) is 23.0 Å². The molecule has 2 rings (SSSR count). The van der Waals surface area contributed by atoms with Gasteiger partial charge in [-0.1, -0.05) is 6.07 Å². The Kier molecular flexibility index (Phi) is 4.35. The highest BCUT2D eigenvalue weighted by Gasteiger charge is 2.17. The lowest BCUT2D eigenvalue weighted by molar-refractivity contribution is 0.616. The number of hydrogen-bond acceptors (Lipinski definition) is 2. The normalized spacial score (nSPS) is 10.2. The van der Waals surface area contributed by atoms with Gasteiger partial charge in [0.05, 0.1) is 15.7 Å². The van der Waals surface area contributed by atoms with Crippen LogP contribution in [0.25, 0.3) is 0 Å². The summed E-state index contributed by atoms with van der Waals surface area (Å²) >= 11 is 3.08. The molecule has 0 atom stereocenters. The van der Waals surface area contributed by atoms with Crippen LogP contribution in [0.2, 0.25) is 0 Å². The van der Waals surface area contributed by atoms with Gasteiger partial charge >= 0.3 is 0 Å². The van der Waals surface area contributed by atoms with Gasteiger partial charge in [-0.05, 0) is 53.2 Å². The zero-order valence-electron chi connectivity index (χ0n) is 10.7. The second-order valence-electron chi connectivity index (χ2n) is 4.10. The van der Waals surface area contributed by atoms with Crippen molar-refractivity contribution in [3.63, 3.8) is 0 Å². The third kappa shape index (κ3) is 2.66. The van der Waals surface area contributed by atoms with E-state index in [9.17, 15) is 8.78 Å². The third-order valence-electron chi connectivity index (χ3n) is 2.91. The van der Waals surface area contributed by atoms with Crippen molar-refractivity contribution < 1.29 is 8.78 Å². The molecule has 2 aromatic rings. The van der Waals surface area contributed by atoms with Crippen LogP contribution < -0.4 is 4.90 Å². The fourth-order valence-corrected chi connectivity index (χ4v) is 2.39. The van der Waals surface area contributed by atoms with Crippen LogP contribution in [0.3, 0.4) is 0 Å². The Hall–Kier alpha value is -1.93. The Balaban J connectivity index is 2.54. The number of hydrogen-bond donors (Lipinski definition) is 0. The van der Waals surface area contributed by atoms with Gasteiger partial charge in [0.2, 0.25) is 0 Å². The van der Waals surface area contributed by atoms with Gasteiger partial charge in [0.15, 0.2) is 5.82 Å². The summed E-state index contributed by atoms with van der Waals surface area (Å²) in [5, 5.41) is 8.87. The molecule has 0 aliphatic rings. The van der Waals surface area contributed by atoms with Crippen LogP contribution in [0.15, 0.2) is 40.9 Å². The van der Waals surface area contributed by atoms with Crippen molar-refractivity contribution >= 4 is 27.3 Å². The van der Waals surface area contributed by atoms with E-state index >= 15 is 0 Å². The quantitative estimate of drug-likeness (QED) is 0.808. The van der Waals surface area contributed by atoms with Crippen LogP contribution >= 0.6 is 15.9 Å².